The van der Waals surface area contributed by atoms with Crippen LogP contribution in [0.2, 0.25) is 0 Å². The Morgan fingerprint density at radius 3 is 1.91 bits per heavy atom. The van der Waals surface area contributed by atoms with Gasteiger partial charge in [0.25, 0.3) is 0 Å². The molecule has 10 aromatic carbocycles. The number of fused-ring (bicyclic) bond motifs is 12. The number of benzene rings is 10. The molecule has 0 spiro atoms. The Hall–Kier alpha value is -8.14. The van der Waals surface area contributed by atoms with Gasteiger partial charge in [-0.1, -0.05) is 172 Å². The van der Waals surface area contributed by atoms with E-state index >= 15 is 0 Å². The Morgan fingerprint density at radius 1 is 0.391 bits per heavy atom. The summed E-state index contributed by atoms with van der Waals surface area (Å²) < 4.78 is 13.7. The molecule has 2 aliphatic rings. The first-order valence-corrected chi connectivity index (χ1v) is 22.1. The van der Waals surface area contributed by atoms with Crippen LogP contribution in [0.5, 0.6) is 11.5 Å². The topological polar surface area (TPSA) is 25.6 Å². The van der Waals surface area contributed by atoms with Crippen LogP contribution in [0.15, 0.2) is 217 Å². The van der Waals surface area contributed by atoms with Crippen LogP contribution in [0.4, 0.5) is 17.1 Å². The number of anilines is 3. The molecule has 0 amide bonds. The fraction of sp³-hybridized carbons (Fsp3) is 0.0492. The Labute approximate surface area is 372 Å². The minimum Gasteiger partial charge on any atom is -0.456 e. The second-order valence-electron chi connectivity index (χ2n) is 17.6. The molecule has 0 unspecified atom stereocenters. The molecule has 3 nitrogen and oxygen atoms in total. The van der Waals surface area contributed by atoms with E-state index in [-0.39, 0.29) is 5.41 Å². The number of ether oxygens (including phenoxy) is 1. The molecule has 13 rings (SSSR count). The van der Waals surface area contributed by atoms with Gasteiger partial charge in [0.2, 0.25) is 0 Å². The quantitative estimate of drug-likeness (QED) is 0.173. The molecule has 64 heavy (non-hydrogen) atoms. The summed E-state index contributed by atoms with van der Waals surface area (Å²) in [7, 11) is 0. The van der Waals surface area contributed by atoms with Crippen molar-refractivity contribution >= 4 is 49.8 Å². The third kappa shape index (κ3) is 5.47. The molecule has 2 heterocycles. The fourth-order valence-electron chi connectivity index (χ4n) is 10.6. The average Bonchev–Trinajstić information content (AvgIpc) is 3.78. The number of para-hydroxylation sites is 2. The first-order valence-electron chi connectivity index (χ1n) is 22.1. The van der Waals surface area contributed by atoms with Gasteiger partial charge in [0.1, 0.15) is 22.7 Å². The lowest BCUT2D eigenvalue weighted by Crippen LogP contribution is -2.17. The monoisotopic (exact) mass is 819 g/mol. The lowest BCUT2D eigenvalue weighted by molar-refractivity contribution is 0.488. The Morgan fingerprint density at radius 2 is 1.03 bits per heavy atom. The number of furan rings is 1. The van der Waals surface area contributed by atoms with Gasteiger partial charge in [0.05, 0.1) is 5.69 Å². The van der Waals surface area contributed by atoms with Gasteiger partial charge >= 0.3 is 0 Å². The lowest BCUT2D eigenvalue weighted by atomic mass is 9.82. The third-order valence-electron chi connectivity index (χ3n) is 13.7. The molecule has 3 heteroatoms. The molecular formula is C61H41NO2. The highest BCUT2D eigenvalue weighted by atomic mass is 16.5. The summed E-state index contributed by atoms with van der Waals surface area (Å²) in [5, 5.41) is 4.56. The summed E-state index contributed by atoms with van der Waals surface area (Å²) in [6.07, 6.45) is 0. The third-order valence-corrected chi connectivity index (χ3v) is 13.7. The van der Waals surface area contributed by atoms with Crippen molar-refractivity contribution in [2.75, 3.05) is 4.90 Å². The van der Waals surface area contributed by atoms with Crippen LogP contribution in [-0.2, 0) is 5.41 Å². The molecule has 11 aromatic rings. The molecule has 0 bridgehead atoms. The van der Waals surface area contributed by atoms with E-state index in [1.807, 2.05) is 12.1 Å². The predicted octanol–water partition coefficient (Wildman–Crippen LogP) is 17.3. The van der Waals surface area contributed by atoms with Gasteiger partial charge in [-0.15, -0.1) is 0 Å². The predicted molar refractivity (Wildman–Crippen MR) is 265 cm³/mol. The van der Waals surface area contributed by atoms with Gasteiger partial charge in [-0.2, -0.15) is 0 Å². The number of rotatable bonds is 5. The number of hydrogen-bond donors (Lipinski definition) is 0. The molecule has 1 aliphatic heterocycles. The summed E-state index contributed by atoms with van der Waals surface area (Å²) in [5.41, 5.74) is 18.8. The van der Waals surface area contributed by atoms with Crippen molar-refractivity contribution in [2.24, 2.45) is 0 Å². The molecule has 0 N–H and O–H groups in total. The van der Waals surface area contributed by atoms with Crippen LogP contribution in [0.1, 0.15) is 25.0 Å². The van der Waals surface area contributed by atoms with E-state index < -0.39 is 0 Å². The van der Waals surface area contributed by atoms with E-state index in [0.717, 1.165) is 100 Å². The van der Waals surface area contributed by atoms with E-state index in [9.17, 15) is 0 Å². The van der Waals surface area contributed by atoms with Gasteiger partial charge in [-0.25, -0.2) is 0 Å². The van der Waals surface area contributed by atoms with E-state index in [4.69, 9.17) is 9.15 Å². The fourth-order valence-corrected chi connectivity index (χ4v) is 10.6. The van der Waals surface area contributed by atoms with Crippen LogP contribution in [0.3, 0.4) is 0 Å². The number of hydrogen-bond acceptors (Lipinski definition) is 3. The zero-order chi connectivity index (χ0) is 42.5. The Balaban J connectivity index is 1.06. The SMILES string of the molecule is CC1(C)c2ccccc2-c2ccc(N(c3ccc(-c4cccc5c4oc4ccccc45)cc3)c3cccc4c3-c3c(-c5ccccc5)cccc3-c3cc5ccccc5cc3O4)cc21. The molecule has 0 fully saturated rings. The van der Waals surface area contributed by atoms with Gasteiger partial charge < -0.3 is 14.1 Å². The Kier molecular flexibility index (Phi) is 7.95. The van der Waals surface area contributed by atoms with E-state index in [0.29, 0.717) is 0 Å². The van der Waals surface area contributed by atoms with Crippen molar-refractivity contribution < 1.29 is 9.15 Å². The van der Waals surface area contributed by atoms with Gasteiger partial charge in [-0.05, 0) is 110 Å². The van der Waals surface area contributed by atoms with Crippen molar-refractivity contribution in [1.29, 1.82) is 0 Å². The zero-order valence-corrected chi connectivity index (χ0v) is 35.5. The van der Waals surface area contributed by atoms with Gasteiger partial charge in [0, 0.05) is 49.8 Å². The summed E-state index contributed by atoms with van der Waals surface area (Å²) in [6, 6.07) is 76.7. The highest BCUT2D eigenvalue weighted by Gasteiger charge is 2.36. The van der Waals surface area contributed by atoms with Crippen LogP contribution < -0.4 is 9.64 Å². The minimum absolute atomic E-state index is 0.184. The molecule has 0 saturated carbocycles. The van der Waals surface area contributed by atoms with Gasteiger partial charge in [0.15, 0.2) is 0 Å². The molecule has 0 atom stereocenters. The molecular weight excluding hydrogens is 779 g/mol. The molecule has 1 aliphatic carbocycles. The smallest absolute Gasteiger partial charge is 0.143 e. The minimum atomic E-state index is -0.184. The zero-order valence-electron chi connectivity index (χ0n) is 35.5. The Bertz CT molecular complexity index is 3670. The maximum atomic E-state index is 7.20. The molecule has 302 valence electrons. The largest absolute Gasteiger partial charge is 0.456 e. The lowest BCUT2D eigenvalue weighted by Gasteiger charge is -2.31. The van der Waals surface area contributed by atoms with Crippen molar-refractivity contribution in [3.8, 4) is 67.1 Å². The average molecular weight is 820 g/mol. The second-order valence-corrected chi connectivity index (χ2v) is 17.6. The normalized spacial score (nSPS) is 13.1. The van der Waals surface area contributed by atoms with Crippen molar-refractivity contribution in [1.82, 2.24) is 0 Å². The summed E-state index contributed by atoms with van der Waals surface area (Å²) in [6.45, 7) is 4.70. The molecule has 1 aromatic heterocycles. The molecule has 0 radical (unpaired) electrons. The van der Waals surface area contributed by atoms with E-state index in [2.05, 4.69) is 219 Å². The highest BCUT2D eigenvalue weighted by Crippen LogP contribution is 2.57. The van der Waals surface area contributed by atoms with E-state index in [1.165, 1.54) is 27.6 Å². The van der Waals surface area contributed by atoms with Crippen LogP contribution >= 0.6 is 0 Å². The first-order chi connectivity index (χ1) is 31.5. The maximum Gasteiger partial charge on any atom is 0.143 e. The van der Waals surface area contributed by atoms with Crippen LogP contribution in [0.25, 0.3) is 88.3 Å². The van der Waals surface area contributed by atoms with Crippen molar-refractivity contribution in [3.63, 3.8) is 0 Å². The highest BCUT2D eigenvalue weighted by molar-refractivity contribution is 6.10. The molecule has 0 saturated heterocycles. The summed E-state index contributed by atoms with van der Waals surface area (Å²) in [4.78, 5) is 2.44. The summed E-state index contributed by atoms with van der Waals surface area (Å²) in [5.74, 6) is 1.65. The first kappa shape index (κ1) is 36.5. The van der Waals surface area contributed by atoms with Gasteiger partial charge in [-0.3, -0.25) is 0 Å². The second kappa shape index (κ2) is 13.9. The number of nitrogens with zero attached hydrogens (tertiary/aromatic N) is 1. The standard InChI is InChI=1S/C61H41NO2/c1-61(2)52-25-10-8-19-46(52)47-34-33-43(37-53(47)61)62(42-31-29-39(30-32-42)45-22-13-24-50-48-20-9-11-27-55(48)64-60(45)50)54-26-14-28-56-59(54)58-44(38-15-4-3-5-16-38)21-12-23-49(58)51-35-40-17-6-7-18-41(40)36-57(51)63-56/h3-37H,1-2H3. The van der Waals surface area contributed by atoms with Crippen LogP contribution in [-0.4, -0.2) is 0 Å². The van der Waals surface area contributed by atoms with E-state index in [1.54, 1.807) is 0 Å². The van der Waals surface area contributed by atoms with Crippen molar-refractivity contribution in [3.05, 3.63) is 223 Å². The van der Waals surface area contributed by atoms with Crippen molar-refractivity contribution in [2.45, 2.75) is 19.3 Å². The summed E-state index contributed by atoms with van der Waals surface area (Å²) >= 11 is 0. The maximum absolute atomic E-state index is 7.20. The van der Waals surface area contributed by atoms with Crippen LogP contribution in [0, 0.1) is 0 Å².